The van der Waals surface area contributed by atoms with Gasteiger partial charge in [0.15, 0.2) is 18.1 Å². The number of carbonyl (C=O) groups excluding carboxylic acids is 2. The SMILES string of the molecule is C#CCNC(=O)COC(=O)CCc1nc(-c2ccc(OC)c(OC)c2)no1. The molecule has 142 valence electrons. The van der Waals surface area contributed by atoms with Gasteiger partial charge in [0.25, 0.3) is 5.91 Å². The van der Waals surface area contributed by atoms with Gasteiger partial charge >= 0.3 is 5.97 Å². The van der Waals surface area contributed by atoms with Crippen molar-refractivity contribution in [1.29, 1.82) is 0 Å². The Morgan fingerprint density at radius 1 is 1.26 bits per heavy atom. The molecule has 0 spiro atoms. The summed E-state index contributed by atoms with van der Waals surface area (Å²) in [5, 5.41) is 6.27. The fraction of sp³-hybridized carbons (Fsp3) is 0.333. The second-order valence-corrected chi connectivity index (χ2v) is 5.22. The predicted molar refractivity (Wildman–Crippen MR) is 94.0 cm³/mol. The van der Waals surface area contributed by atoms with Gasteiger partial charge in [0.1, 0.15) is 0 Å². The van der Waals surface area contributed by atoms with E-state index in [1.807, 2.05) is 0 Å². The Labute approximate surface area is 156 Å². The topological polar surface area (TPSA) is 113 Å². The van der Waals surface area contributed by atoms with Gasteiger partial charge in [-0.25, -0.2) is 0 Å². The van der Waals surface area contributed by atoms with Crippen LogP contribution in [0.1, 0.15) is 12.3 Å². The monoisotopic (exact) mass is 373 g/mol. The van der Waals surface area contributed by atoms with E-state index < -0.39 is 11.9 Å². The number of terminal acetylenes is 1. The van der Waals surface area contributed by atoms with Gasteiger partial charge in [-0.2, -0.15) is 4.98 Å². The maximum atomic E-state index is 11.7. The summed E-state index contributed by atoms with van der Waals surface area (Å²) in [4.78, 5) is 27.2. The molecule has 27 heavy (non-hydrogen) atoms. The number of nitrogens with one attached hydrogen (secondary N) is 1. The summed E-state index contributed by atoms with van der Waals surface area (Å²) >= 11 is 0. The normalized spacial score (nSPS) is 9.96. The van der Waals surface area contributed by atoms with E-state index in [-0.39, 0.29) is 31.9 Å². The number of aryl methyl sites for hydroxylation is 1. The molecule has 0 atom stereocenters. The molecule has 1 heterocycles. The third kappa shape index (κ3) is 5.74. The minimum absolute atomic E-state index is 0.00398. The third-order valence-electron chi connectivity index (χ3n) is 3.40. The highest BCUT2D eigenvalue weighted by Crippen LogP contribution is 2.31. The Morgan fingerprint density at radius 3 is 2.74 bits per heavy atom. The van der Waals surface area contributed by atoms with Crippen LogP contribution in [0.4, 0.5) is 0 Å². The van der Waals surface area contributed by atoms with Crippen LogP contribution in [0, 0.1) is 12.3 Å². The zero-order valence-electron chi connectivity index (χ0n) is 15.0. The maximum absolute atomic E-state index is 11.7. The molecule has 0 aliphatic carbocycles. The molecule has 2 aromatic rings. The van der Waals surface area contributed by atoms with Crippen molar-refractivity contribution < 1.29 is 28.3 Å². The highest BCUT2D eigenvalue weighted by molar-refractivity contribution is 5.80. The maximum Gasteiger partial charge on any atom is 0.306 e. The summed E-state index contributed by atoms with van der Waals surface area (Å²) in [6, 6.07) is 5.21. The lowest BCUT2D eigenvalue weighted by atomic mass is 10.2. The fourth-order valence-electron chi connectivity index (χ4n) is 2.08. The Morgan fingerprint density at radius 2 is 2.04 bits per heavy atom. The lowest BCUT2D eigenvalue weighted by Gasteiger charge is -2.07. The van der Waals surface area contributed by atoms with Crippen LogP contribution in [0.15, 0.2) is 22.7 Å². The lowest BCUT2D eigenvalue weighted by molar-refractivity contribution is -0.148. The van der Waals surface area contributed by atoms with Crippen molar-refractivity contribution in [2.24, 2.45) is 0 Å². The van der Waals surface area contributed by atoms with E-state index in [4.69, 9.17) is 25.2 Å². The summed E-state index contributed by atoms with van der Waals surface area (Å²) < 4.78 is 20.4. The summed E-state index contributed by atoms with van der Waals surface area (Å²) in [5.41, 5.74) is 0.676. The molecule has 1 amide bonds. The smallest absolute Gasteiger partial charge is 0.306 e. The molecular weight excluding hydrogens is 354 g/mol. The van der Waals surface area contributed by atoms with E-state index in [1.54, 1.807) is 25.3 Å². The number of esters is 1. The number of benzene rings is 1. The van der Waals surface area contributed by atoms with Gasteiger partial charge in [-0.3, -0.25) is 9.59 Å². The number of nitrogens with zero attached hydrogens (tertiary/aromatic N) is 2. The summed E-state index contributed by atoms with van der Waals surface area (Å²) in [6.45, 7) is -0.307. The van der Waals surface area contributed by atoms with Crippen LogP contribution in [-0.4, -0.2) is 49.4 Å². The first-order chi connectivity index (χ1) is 13.1. The molecule has 2 rings (SSSR count). The molecule has 1 aromatic heterocycles. The zero-order chi connectivity index (χ0) is 19.6. The first-order valence-corrected chi connectivity index (χ1v) is 7.98. The molecule has 0 unspecified atom stereocenters. The second kappa shape index (κ2) is 9.82. The second-order valence-electron chi connectivity index (χ2n) is 5.22. The van der Waals surface area contributed by atoms with Crippen LogP contribution in [0.25, 0.3) is 11.4 Å². The number of aromatic nitrogens is 2. The molecule has 0 bridgehead atoms. The van der Waals surface area contributed by atoms with Crippen molar-refractivity contribution in [1.82, 2.24) is 15.5 Å². The van der Waals surface area contributed by atoms with Crippen LogP contribution >= 0.6 is 0 Å². The molecule has 1 aromatic carbocycles. The Bertz CT molecular complexity index is 840. The van der Waals surface area contributed by atoms with Gasteiger partial charge in [0.05, 0.1) is 27.2 Å². The van der Waals surface area contributed by atoms with Crippen LogP contribution in [-0.2, 0) is 20.7 Å². The van der Waals surface area contributed by atoms with Crippen molar-refractivity contribution in [3.8, 4) is 35.2 Å². The van der Waals surface area contributed by atoms with Crippen LogP contribution < -0.4 is 14.8 Å². The highest BCUT2D eigenvalue weighted by atomic mass is 16.5. The third-order valence-corrected chi connectivity index (χ3v) is 3.40. The molecule has 0 aliphatic rings. The number of rotatable bonds is 9. The van der Waals surface area contributed by atoms with Crippen molar-refractivity contribution >= 4 is 11.9 Å². The van der Waals surface area contributed by atoms with E-state index >= 15 is 0 Å². The standard InChI is InChI=1S/C18H19N3O6/c1-4-9-19-15(22)11-26-17(23)8-7-16-20-18(21-27-16)12-5-6-13(24-2)14(10-12)25-3/h1,5-6,10H,7-9,11H2,2-3H3,(H,19,22). The van der Waals surface area contributed by atoms with E-state index in [1.165, 1.54) is 7.11 Å². The Balaban J connectivity index is 1.88. The van der Waals surface area contributed by atoms with Crippen molar-refractivity contribution in [3.63, 3.8) is 0 Å². The van der Waals surface area contributed by atoms with Gasteiger partial charge in [0.2, 0.25) is 11.7 Å². The fourth-order valence-corrected chi connectivity index (χ4v) is 2.08. The van der Waals surface area contributed by atoms with Crippen LogP contribution in [0.3, 0.4) is 0 Å². The quantitative estimate of drug-likeness (QED) is 0.511. The number of hydrogen-bond acceptors (Lipinski definition) is 8. The van der Waals surface area contributed by atoms with Gasteiger partial charge < -0.3 is 24.1 Å². The summed E-state index contributed by atoms with van der Waals surface area (Å²) in [7, 11) is 3.07. The van der Waals surface area contributed by atoms with Crippen LogP contribution in [0.5, 0.6) is 11.5 Å². The van der Waals surface area contributed by atoms with Gasteiger partial charge in [-0.15, -0.1) is 6.42 Å². The largest absolute Gasteiger partial charge is 0.493 e. The predicted octanol–water partition coefficient (Wildman–Crippen LogP) is 0.979. The number of carbonyl (C=O) groups is 2. The van der Waals surface area contributed by atoms with E-state index in [9.17, 15) is 9.59 Å². The number of hydrogen-bond donors (Lipinski definition) is 1. The summed E-state index contributed by atoms with van der Waals surface area (Å²) in [6.07, 6.45) is 5.19. The Kier molecular flexibility index (Phi) is 7.19. The minimum Gasteiger partial charge on any atom is -0.493 e. The molecule has 0 aliphatic heterocycles. The molecular formula is C18H19N3O6. The first-order valence-electron chi connectivity index (χ1n) is 7.98. The molecule has 0 saturated heterocycles. The number of ether oxygens (including phenoxy) is 3. The summed E-state index contributed by atoms with van der Waals surface area (Å²) in [5.74, 6) is 2.97. The van der Waals surface area contributed by atoms with Gasteiger partial charge in [-0.1, -0.05) is 11.1 Å². The first kappa shape index (κ1) is 19.8. The molecule has 0 saturated carbocycles. The van der Waals surface area contributed by atoms with Gasteiger partial charge in [0, 0.05) is 12.0 Å². The van der Waals surface area contributed by atoms with Gasteiger partial charge in [-0.05, 0) is 18.2 Å². The average Bonchev–Trinajstić information content (AvgIpc) is 3.17. The van der Waals surface area contributed by atoms with Crippen molar-refractivity contribution in [3.05, 3.63) is 24.1 Å². The van der Waals surface area contributed by atoms with E-state index in [0.717, 1.165) is 0 Å². The molecule has 9 heteroatoms. The van der Waals surface area contributed by atoms with Crippen molar-refractivity contribution in [2.75, 3.05) is 27.4 Å². The Hall–Kier alpha value is -3.54. The number of amides is 1. The zero-order valence-corrected chi connectivity index (χ0v) is 15.0. The lowest BCUT2D eigenvalue weighted by Crippen LogP contribution is -2.29. The highest BCUT2D eigenvalue weighted by Gasteiger charge is 2.14. The van der Waals surface area contributed by atoms with Crippen LogP contribution in [0.2, 0.25) is 0 Å². The van der Waals surface area contributed by atoms with Crippen molar-refractivity contribution in [2.45, 2.75) is 12.8 Å². The average molecular weight is 373 g/mol. The molecule has 9 nitrogen and oxygen atoms in total. The van der Waals surface area contributed by atoms with E-state index in [0.29, 0.717) is 22.9 Å². The van der Waals surface area contributed by atoms with E-state index in [2.05, 4.69) is 21.4 Å². The minimum atomic E-state index is -0.559. The molecule has 0 fully saturated rings. The molecule has 0 radical (unpaired) electrons. The number of methoxy groups -OCH3 is 2. The molecule has 1 N–H and O–H groups in total.